The second-order valence-electron chi connectivity index (χ2n) is 2.89. The zero-order valence-corrected chi connectivity index (χ0v) is 7.88. The molecule has 0 radical (unpaired) electrons. The first kappa shape index (κ1) is 8.97. The van der Waals surface area contributed by atoms with Crippen molar-refractivity contribution in [1.82, 2.24) is 0 Å². The number of benzene rings is 1. The van der Waals surface area contributed by atoms with Crippen LogP contribution in [0.4, 0.5) is 0 Å². The van der Waals surface area contributed by atoms with Crippen molar-refractivity contribution in [3.8, 4) is 0 Å². The van der Waals surface area contributed by atoms with E-state index in [2.05, 4.69) is 4.98 Å². The van der Waals surface area contributed by atoms with Crippen LogP contribution in [0.3, 0.4) is 0 Å². The summed E-state index contributed by atoms with van der Waals surface area (Å²) >= 11 is 5.92. The minimum atomic E-state index is -0.952. The Kier molecular flexibility index (Phi) is 2.09. The van der Waals surface area contributed by atoms with Gasteiger partial charge in [0.15, 0.2) is 6.20 Å². The van der Waals surface area contributed by atoms with Crippen molar-refractivity contribution in [2.75, 3.05) is 0 Å². The van der Waals surface area contributed by atoms with Gasteiger partial charge in [-0.3, -0.25) is 0 Å². The molecule has 0 fully saturated rings. The predicted octanol–water partition coefficient (Wildman–Crippen LogP) is 2.01. The molecular weight excluding hydrogens is 202 g/mol. The van der Waals surface area contributed by atoms with Gasteiger partial charge in [-0.15, -0.1) is 0 Å². The van der Waals surface area contributed by atoms with E-state index in [4.69, 9.17) is 16.7 Å². The molecule has 1 aromatic carbocycles. The molecule has 3 nitrogen and oxygen atoms in total. The maximum Gasteiger partial charge on any atom is 0.335 e. The van der Waals surface area contributed by atoms with Gasteiger partial charge >= 0.3 is 5.97 Å². The lowest BCUT2D eigenvalue weighted by Gasteiger charge is -1.96. The van der Waals surface area contributed by atoms with Crippen molar-refractivity contribution in [1.29, 1.82) is 0 Å². The highest BCUT2D eigenvalue weighted by atomic mass is 35.5. The number of carboxylic acids is 1. The van der Waals surface area contributed by atoms with Crippen LogP contribution in [0.15, 0.2) is 30.5 Å². The molecule has 1 aromatic heterocycles. The van der Waals surface area contributed by atoms with Crippen molar-refractivity contribution < 1.29 is 14.9 Å². The van der Waals surface area contributed by atoms with Gasteiger partial charge in [0.1, 0.15) is 0 Å². The molecule has 2 rings (SSSR count). The number of carbonyl (C=O) groups is 1. The average molecular weight is 209 g/mol. The first-order valence-corrected chi connectivity index (χ1v) is 4.39. The van der Waals surface area contributed by atoms with Gasteiger partial charge in [0.2, 0.25) is 5.52 Å². The molecule has 0 amide bonds. The lowest BCUT2D eigenvalue weighted by Crippen LogP contribution is -2.03. The zero-order chi connectivity index (χ0) is 10.1. The number of pyridine rings is 1. The average Bonchev–Trinajstić information content (AvgIpc) is 2.18. The number of rotatable bonds is 1. The fourth-order valence-electron chi connectivity index (χ4n) is 1.30. The third-order valence-corrected chi connectivity index (χ3v) is 2.32. The first-order valence-electron chi connectivity index (χ1n) is 4.02. The first-order chi connectivity index (χ1) is 6.68. The van der Waals surface area contributed by atoms with E-state index in [9.17, 15) is 4.79 Å². The van der Waals surface area contributed by atoms with Crippen LogP contribution in [0.5, 0.6) is 0 Å². The van der Waals surface area contributed by atoms with Gasteiger partial charge in [0.25, 0.3) is 0 Å². The van der Waals surface area contributed by atoms with E-state index in [0.29, 0.717) is 10.4 Å². The summed E-state index contributed by atoms with van der Waals surface area (Å²) in [5, 5.41) is 10.0. The molecule has 2 N–H and O–H groups in total. The minimum absolute atomic E-state index is 0.235. The van der Waals surface area contributed by atoms with E-state index in [1.54, 1.807) is 24.4 Å². The quantitative estimate of drug-likeness (QED) is 0.780. The maximum atomic E-state index is 10.7. The monoisotopic (exact) mass is 208 g/mol. The van der Waals surface area contributed by atoms with E-state index in [-0.39, 0.29) is 5.56 Å². The van der Waals surface area contributed by atoms with Crippen LogP contribution in [-0.2, 0) is 0 Å². The molecule has 70 valence electrons. The van der Waals surface area contributed by atoms with Crippen LogP contribution in [0.2, 0.25) is 5.02 Å². The van der Waals surface area contributed by atoms with Crippen molar-refractivity contribution in [2.45, 2.75) is 0 Å². The lowest BCUT2D eigenvalue weighted by molar-refractivity contribution is -0.344. The molecule has 0 aliphatic rings. The molecule has 2 aromatic rings. The molecule has 0 bridgehead atoms. The molecule has 0 aliphatic carbocycles. The molecule has 4 heteroatoms. The standard InChI is InChI=1S/C10H6ClNO2/c11-8-3-4-12-9-2-1-6(10(13)14)5-7(8)9/h1-5H,(H,13,14)/p+1. The Morgan fingerprint density at radius 1 is 1.36 bits per heavy atom. The van der Waals surface area contributed by atoms with Crippen LogP contribution in [0, 0.1) is 0 Å². The Hall–Kier alpha value is -1.61. The molecule has 0 atom stereocenters. The fraction of sp³-hybridized carbons (Fsp3) is 0. The Bertz CT molecular complexity index is 510. The summed E-state index contributed by atoms with van der Waals surface area (Å²) in [4.78, 5) is 13.7. The highest BCUT2D eigenvalue weighted by molar-refractivity contribution is 6.35. The number of aromatic nitrogens is 1. The summed E-state index contributed by atoms with van der Waals surface area (Å²) in [6, 6.07) is 6.48. The molecule has 0 unspecified atom stereocenters. The second-order valence-corrected chi connectivity index (χ2v) is 3.30. The number of H-pyrrole nitrogens is 1. The molecule has 0 saturated carbocycles. The Balaban J connectivity index is 2.76. The van der Waals surface area contributed by atoms with Gasteiger partial charge in [0.05, 0.1) is 16.0 Å². The number of carboxylic acid groups (broad SMARTS) is 1. The highest BCUT2D eigenvalue weighted by Crippen LogP contribution is 2.20. The number of fused-ring (bicyclic) bond motifs is 1. The van der Waals surface area contributed by atoms with E-state index in [1.807, 2.05) is 0 Å². The summed E-state index contributed by atoms with van der Waals surface area (Å²) < 4.78 is 0. The second kappa shape index (κ2) is 3.27. The highest BCUT2D eigenvalue weighted by Gasteiger charge is 2.08. The fourth-order valence-corrected chi connectivity index (χ4v) is 1.51. The Labute approximate surface area is 85.0 Å². The van der Waals surface area contributed by atoms with Gasteiger partial charge in [-0.1, -0.05) is 11.6 Å². The SMILES string of the molecule is O=C(O)c1ccc2[nH+]ccc(Cl)c2c1. The van der Waals surface area contributed by atoms with Crippen LogP contribution in [0.1, 0.15) is 10.4 Å². The van der Waals surface area contributed by atoms with Crippen LogP contribution < -0.4 is 4.98 Å². The summed E-state index contributed by atoms with van der Waals surface area (Å²) in [7, 11) is 0. The number of aromatic carboxylic acids is 1. The largest absolute Gasteiger partial charge is 0.478 e. The van der Waals surface area contributed by atoms with Gasteiger partial charge in [0, 0.05) is 12.1 Å². The smallest absolute Gasteiger partial charge is 0.335 e. The third-order valence-electron chi connectivity index (χ3n) is 1.99. The number of nitrogens with one attached hydrogen (secondary N) is 1. The maximum absolute atomic E-state index is 10.7. The molecular formula is C10H7ClNO2+. The zero-order valence-electron chi connectivity index (χ0n) is 7.12. The van der Waals surface area contributed by atoms with Gasteiger partial charge in [-0.2, -0.15) is 0 Å². The molecule has 14 heavy (non-hydrogen) atoms. The van der Waals surface area contributed by atoms with Crippen molar-refractivity contribution in [2.24, 2.45) is 0 Å². The van der Waals surface area contributed by atoms with Crippen LogP contribution >= 0.6 is 11.6 Å². The third kappa shape index (κ3) is 1.42. The van der Waals surface area contributed by atoms with Gasteiger partial charge in [-0.05, 0) is 12.1 Å². The van der Waals surface area contributed by atoms with E-state index in [1.165, 1.54) is 6.07 Å². The minimum Gasteiger partial charge on any atom is -0.478 e. The van der Waals surface area contributed by atoms with E-state index in [0.717, 1.165) is 5.52 Å². The lowest BCUT2D eigenvalue weighted by atomic mass is 10.1. The molecule has 1 heterocycles. The van der Waals surface area contributed by atoms with E-state index >= 15 is 0 Å². The predicted molar refractivity (Wildman–Crippen MR) is 52.5 cm³/mol. The summed E-state index contributed by atoms with van der Waals surface area (Å²) in [6.45, 7) is 0. The van der Waals surface area contributed by atoms with Crippen LogP contribution in [-0.4, -0.2) is 11.1 Å². The number of aromatic amines is 1. The van der Waals surface area contributed by atoms with Crippen molar-refractivity contribution in [3.63, 3.8) is 0 Å². The Morgan fingerprint density at radius 3 is 2.86 bits per heavy atom. The molecule has 0 spiro atoms. The van der Waals surface area contributed by atoms with Crippen LogP contribution in [0.25, 0.3) is 10.9 Å². The van der Waals surface area contributed by atoms with Crippen molar-refractivity contribution in [3.05, 3.63) is 41.0 Å². The number of hydrogen-bond acceptors (Lipinski definition) is 1. The van der Waals surface area contributed by atoms with Gasteiger partial charge < -0.3 is 5.11 Å². The van der Waals surface area contributed by atoms with Gasteiger partial charge in [-0.25, -0.2) is 9.78 Å². The number of halogens is 1. The van der Waals surface area contributed by atoms with E-state index < -0.39 is 5.97 Å². The normalized spacial score (nSPS) is 10.4. The summed E-state index contributed by atoms with van der Waals surface area (Å²) in [5.74, 6) is -0.952. The molecule has 0 saturated heterocycles. The summed E-state index contributed by atoms with van der Waals surface area (Å²) in [5.41, 5.74) is 1.06. The molecule has 0 aliphatic heterocycles. The van der Waals surface area contributed by atoms with Crippen molar-refractivity contribution >= 4 is 28.5 Å². The Morgan fingerprint density at radius 2 is 2.14 bits per heavy atom. The topological polar surface area (TPSA) is 51.4 Å². The number of hydrogen-bond donors (Lipinski definition) is 1. The summed E-state index contributed by atoms with van der Waals surface area (Å²) in [6.07, 6.45) is 1.71.